The van der Waals surface area contributed by atoms with E-state index in [9.17, 15) is 4.79 Å². The molecule has 4 N–H and O–H groups in total. The second kappa shape index (κ2) is 11.0. The smallest absolute Gasteiger partial charge is 0.265 e. The zero-order valence-electron chi connectivity index (χ0n) is 24.4. The minimum Gasteiger partial charge on any atom is -0.362 e. The molecule has 0 spiro atoms. The van der Waals surface area contributed by atoms with E-state index in [-0.39, 0.29) is 22.9 Å². The SMILES string of the molecule is CC1CC(c2ccc(CN)cn2)Nc2cccc(n2)SNC(=O)c2ccc(C(C)(C)C)nc2N2CC1CC2(C)C. The third-order valence-corrected chi connectivity index (χ3v) is 8.92. The lowest BCUT2D eigenvalue weighted by molar-refractivity contribution is 0.0984. The Bertz CT molecular complexity index is 1370. The van der Waals surface area contributed by atoms with Crippen molar-refractivity contribution in [3.63, 3.8) is 0 Å². The van der Waals surface area contributed by atoms with Crippen LogP contribution in [0.5, 0.6) is 0 Å². The topological polar surface area (TPSA) is 109 Å². The number of carbonyl (C=O) groups excluding carboxylic acids is 1. The first-order chi connectivity index (χ1) is 18.9. The van der Waals surface area contributed by atoms with Crippen LogP contribution in [0.25, 0.3) is 0 Å². The van der Waals surface area contributed by atoms with E-state index in [1.165, 1.54) is 11.9 Å². The second-order valence-corrected chi connectivity index (χ2v) is 13.6. The number of carbonyl (C=O) groups is 1. The van der Waals surface area contributed by atoms with Crippen LogP contribution < -0.4 is 20.7 Å². The normalized spacial score (nSPS) is 22.9. The molecule has 0 aromatic carbocycles. The number of pyridine rings is 3. The van der Waals surface area contributed by atoms with Crippen molar-refractivity contribution in [3.05, 3.63) is 71.2 Å². The highest BCUT2D eigenvalue weighted by atomic mass is 32.2. The first kappa shape index (κ1) is 28.4. The summed E-state index contributed by atoms with van der Waals surface area (Å²) in [6, 6.07) is 13.8. The quantitative estimate of drug-likeness (QED) is 0.335. The molecule has 212 valence electrons. The zero-order valence-corrected chi connectivity index (χ0v) is 25.2. The van der Waals surface area contributed by atoms with Crippen LogP contribution in [0.1, 0.15) is 87.7 Å². The minimum atomic E-state index is -0.169. The maximum absolute atomic E-state index is 13.6. The predicted octanol–water partition coefficient (Wildman–Crippen LogP) is 5.86. The molecule has 9 heteroatoms. The number of aromatic nitrogens is 3. The molecule has 5 rings (SSSR count). The monoisotopic (exact) mass is 559 g/mol. The Hall–Kier alpha value is -3.17. The molecular formula is C31H41N7OS. The van der Waals surface area contributed by atoms with Crippen molar-refractivity contribution in [1.29, 1.82) is 0 Å². The van der Waals surface area contributed by atoms with Crippen LogP contribution in [0, 0.1) is 11.8 Å². The van der Waals surface area contributed by atoms with Crippen LogP contribution in [0.3, 0.4) is 0 Å². The molecule has 3 unspecified atom stereocenters. The molecule has 2 aliphatic heterocycles. The van der Waals surface area contributed by atoms with Crippen molar-refractivity contribution in [2.45, 2.75) is 83.0 Å². The summed E-state index contributed by atoms with van der Waals surface area (Å²) in [5.41, 5.74) is 9.09. The van der Waals surface area contributed by atoms with Crippen molar-refractivity contribution in [1.82, 2.24) is 19.7 Å². The molecule has 3 aromatic rings. The summed E-state index contributed by atoms with van der Waals surface area (Å²) >= 11 is 1.22. The molecule has 40 heavy (non-hydrogen) atoms. The van der Waals surface area contributed by atoms with Crippen LogP contribution >= 0.6 is 11.9 Å². The zero-order chi connectivity index (χ0) is 28.7. The van der Waals surface area contributed by atoms with Gasteiger partial charge in [-0.2, -0.15) is 0 Å². The average Bonchev–Trinajstić information content (AvgIpc) is 3.25. The highest BCUT2D eigenvalue weighted by Crippen LogP contribution is 2.43. The molecule has 0 radical (unpaired) electrons. The highest BCUT2D eigenvalue weighted by Gasteiger charge is 2.43. The number of nitrogens with zero attached hydrogens (tertiary/aromatic N) is 4. The second-order valence-electron chi connectivity index (χ2n) is 12.8. The van der Waals surface area contributed by atoms with Gasteiger partial charge in [-0.05, 0) is 74.4 Å². The molecular weight excluding hydrogens is 518 g/mol. The maximum Gasteiger partial charge on any atom is 0.265 e. The van der Waals surface area contributed by atoms with Gasteiger partial charge in [-0.3, -0.25) is 14.5 Å². The third-order valence-electron chi connectivity index (χ3n) is 8.20. The fourth-order valence-electron chi connectivity index (χ4n) is 5.77. The number of nitrogens with two attached hydrogens (primary N) is 1. The summed E-state index contributed by atoms with van der Waals surface area (Å²) in [7, 11) is 0. The Labute approximate surface area is 242 Å². The van der Waals surface area contributed by atoms with Crippen LogP contribution in [0.15, 0.2) is 53.7 Å². The molecule has 5 heterocycles. The summed E-state index contributed by atoms with van der Waals surface area (Å²) in [5, 5.41) is 4.35. The molecule has 0 saturated carbocycles. The van der Waals surface area contributed by atoms with Gasteiger partial charge in [0.25, 0.3) is 5.91 Å². The number of fused-ring (bicyclic) bond motifs is 6. The number of rotatable bonds is 2. The lowest BCUT2D eigenvalue weighted by Gasteiger charge is -2.34. The molecule has 8 nitrogen and oxygen atoms in total. The van der Waals surface area contributed by atoms with Crippen molar-refractivity contribution >= 4 is 29.5 Å². The summed E-state index contributed by atoms with van der Waals surface area (Å²) in [5.74, 6) is 2.13. The first-order valence-corrected chi connectivity index (χ1v) is 14.9. The summed E-state index contributed by atoms with van der Waals surface area (Å²) < 4.78 is 3.02. The maximum atomic E-state index is 13.6. The Kier molecular flexibility index (Phi) is 7.81. The van der Waals surface area contributed by atoms with Gasteiger partial charge in [0.2, 0.25) is 0 Å². The number of amides is 1. The van der Waals surface area contributed by atoms with E-state index in [1.807, 2.05) is 36.5 Å². The summed E-state index contributed by atoms with van der Waals surface area (Å²) in [4.78, 5) is 30.6. The van der Waals surface area contributed by atoms with E-state index in [2.05, 4.69) is 68.6 Å². The first-order valence-electron chi connectivity index (χ1n) is 14.1. The van der Waals surface area contributed by atoms with Gasteiger partial charge >= 0.3 is 0 Å². The van der Waals surface area contributed by atoms with E-state index in [4.69, 9.17) is 20.7 Å². The van der Waals surface area contributed by atoms with Crippen LogP contribution in [0.2, 0.25) is 0 Å². The van der Waals surface area contributed by atoms with Crippen LogP contribution in [-0.4, -0.2) is 32.9 Å². The van der Waals surface area contributed by atoms with Gasteiger partial charge < -0.3 is 16.0 Å². The molecule has 3 atom stereocenters. The molecule has 1 amide bonds. The molecule has 2 aliphatic rings. The van der Waals surface area contributed by atoms with E-state index < -0.39 is 0 Å². The molecule has 4 bridgehead atoms. The van der Waals surface area contributed by atoms with Gasteiger partial charge in [-0.25, -0.2) is 9.97 Å². The summed E-state index contributed by atoms with van der Waals surface area (Å²) in [6.45, 7) is 14.6. The van der Waals surface area contributed by atoms with Crippen LogP contribution in [0.4, 0.5) is 11.6 Å². The largest absolute Gasteiger partial charge is 0.362 e. The molecule has 1 saturated heterocycles. The third kappa shape index (κ3) is 5.95. The Balaban J connectivity index is 1.57. The Morgan fingerprint density at radius 3 is 2.62 bits per heavy atom. The van der Waals surface area contributed by atoms with Gasteiger partial charge in [0.05, 0.1) is 17.3 Å². The minimum absolute atomic E-state index is 0.0237. The Morgan fingerprint density at radius 2 is 1.93 bits per heavy atom. The lowest BCUT2D eigenvalue weighted by Crippen LogP contribution is -2.40. The van der Waals surface area contributed by atoms with Crippen molar-refractivity contribution in [2.75, 3.05) is 16.8 Å². The molecule has 1 fully saturated rings. The molecule has 3 aromatic heterocycles. The van der Waals surface area contributed by atoms with Crippen molar-refractivity contribution in [3.8, 4) is 0 Å². The number of nitrogens with one attached hydrogen (secondary N) is 2. The van der Waals surface area contributed by atoms with E-state index in [1.54, 1.807) is 0 Å². The van der Waals surface area contributed by atoms with Crippen molar-refractivity contribution in [2.24, 2.45) is 17.6 Å². The number of hydrogen-bond acceptors (Lipinski definition) is 8. The Morgan fingerprint density at radius 1 is 1.12 bits per heavy atom. The fourth-order valence-corrected chi connectivity index (χ4v) is 6.36. The number of hydrogen-bond donors (Lipinski definition) is 3. The van der Waals surface area contributed by atoms with Gasteiger partial charge in [0.1, 0.15) is 16.7 Å². The van der Waals surface area contributed by atoms with Gasteiger partial charge in [-0.1, -0.05) is 39.8 Å². The van der Waals surface area contributed by atoms with Gasteiger partial charge in [-0.15, -0.1) is 0 Å². The predicted molar refractivity (Wildman–Crippen MR) is 162 cm³/mol. The highest BCUT2D eigenvalue weighted by molar-refractivity contribution is 7.97. The van der Waals surface area contributed by atoms with Crippen LogP contribution in [-0.2, 0) is 12.0 Å². The standard InChI is InChI=1S/C31H41N7OS/c1-19-14-24(23-12-10-20(16-32)17-33-23)34-26-8-7-9-27(36-26)40-37-29(39)22-11-13-25(30(2,3)4)35-28(22)38-18-21(19)15-31(38,5)6/h7-13,17,19,21,24H,14-16,18,32H2,1-6H3,(H,34,36)(H,37,39). The van der Waals surface area contributed by atoms with E-state index in [0.29, 0.717) is 29.0 Å². The van der Waals surface area contributed by atoms with E-state index >= 15 is 0 Å². The molecule has 0 aliphatic carbocycles. The van der Waals surface area contributed by atoms with Gasteiger partial charge in [0.15, 0.2) is 0 Å². The van der Waals surface area contributed by atoms with E-state index in [0.717, 1.165) is 48.0 Å². The fraction of sp³-hybridized carbons (Fsp3) is 0.484. The van der Waals surface area contributed by atoms with Gasteiger partial charge in [0, 0.05) is 47.9 Å². The summed E-state index contributed by atoms with van der Waals surface area (Å²) in [6.07, 6.45) is 3.76. The average molecular weight is 560 g/mol. The number of anilines is 2. The van der Waals surface area contributed by atoms with Crippen molar-refractivity contribution < 1.29 is 4.79 Å². The lowest BCUT2D eigenvalue weighted by atomic mass is 9.83.